The lowest BCUT2D eigenvalue weighted by molar-refractivity contribution is -0.148. The van der Waals surface area contributed by atoms with E-state index >= 15 is 0 Å². The van der Waals surface area contributed by atoms with Crippen molar-refractivity contribution >= 4 is 11.9 Å². The molecule has 0 aromatic carbocycles. The predicted molar refractivity (Wildman–Crippen MR) is 76.9 cm³/mol. The van der Waals surface area contributed by atoms with Crippen molar-refractivity contribution in [2.75, 3.05) is 0 Å². The van der Waals surface area contributed by atoms with E-state index in [1.807, 2.05) is 20.8 Å². The average Bonchev–Trinajstić information content (AvgIpc) is 2.26. The largest absolute Gasteiger partial charge is 0.481 e. The lowest BCUT2D eigenvalue weighted by Crippen LogP contribution is -2.46. The fourth-order valence-corrected chi connectivity index (χ4v) is 1.99. The molecule has 1 amide bonds. The molecule has 0 bridgehead atoms. The van der Waals surface area contributed by atoms with Gasteiger partial charge < -0.3 is 10.4 Å². The molecule has 0 aliphatic heterocycles. The second-order valence-electron chi connectivity index (χ2n) is 6.34. The maximum absolute atomic E-state index is 12.3. The van der Waals surface area contributed by atoms with Crippen LogP contribution in [0.5, 0.6) is 0 Å². The van der Waals surface area contributed by atoms with Gasteiger partial charge in [0.2, 0.25) is 5.91 Å². The molecule has 0 saturated carbocycles. The van der Waals surface area contributed by atoms with Crippen molar-refractivity contribution in [3.05, 3.63) is 0 Å². The second-order valence-corrected chi connectivity index (χ2v) is 6.34. The van der Waals surface area contributed by atoms with Gasteiger partial charge in [-0.25, -0.2) is 0 Å². The van der Waals surface area contributed by atoms with Crippen LogP contribution in [0.3, 0.4) is 0 Å². The summed E-state index contributed by atoms with van der Waals surface area (Å²) in [6.07, 6.45) is 1.91. The van der Waals surface area contributed by atoms with Gasteiger partial charge in [-0.2, -0.15) is 0 Å². The van der Waals surface area contributed by atoms with Crippen LogP contribution in [0.15, 0.2) is 0 Å². The van der Waals surface area contributed by atoms with E-state index in [0.29, 0.717) is 12.8 Å². The van der Waals surface area contributed by atoms with Crippen LogP contribution in [0, 0.1) is 17.3 Å². The van der Waals surface area contributed by atoms with Crippen LogP contribution in [0.2, 0.25) is 0 Å². The Morgan fingerprint density at radius 2 is 1.68 bits per heavy atom. The van der Waals surface area contributed by atoms with Gasteiger partial charge in [0.15, 0.2) is 0 Å². The van der Waals surface area contributed by atoms with E-state index < -0.39 is 17.8 Å². The summed E-state index contributed by atoms with van der Waals surface area (Å²) in [6.45, 7) is 11.9. The van der Waals surface area contributed by atoms with Gasteiger partial charge in [0.05, 0.1) is 11.8 Å². The number of carboxylic acid groups (broad SMARTS) is 1. The maximum atomic E-state index is 12.3. The summed E-state index contributed by atoms with van der Waals surface area (Å²) < 4.78 is 0. The third-order valence-electron chi connectivity index (χ3n) is 3.84. The quantitative estimate of drug-likeness (QED) is 0.748. The molecule has 112 valence electrons. The van der Waals surface area contributed by atoms with Gasteiger partial charge in [0.25, 0.3) is 0 Å². The fraction of sp³-hybridized carbons (Fsp3) is 0.867. The normalized spacial score (nSPS) is 16.5. The highest BCUT2D eigenvalue weighted by molar-refractivity contribution is 5.84. The van der Waals surface area contributed by atoms with Crippen LogP contribution in [-0.2, 0) is 9.59 Å². The lowest BCUT2D eigenvalue weighted by atomic mass is 9.83. The van der Waals surface area contributed by atoms with E-state index in [1.54, 1.807) is 0 Å². The summed E-state index contributed by atoms with van der Waals surface area (Å²) in [7, 11) is 0. The summed E-state index contributed by atoms with van der Waals surface area (Å²) >= 11 is 0. The van der Waals surface area contributed by atoms with Crippen LogP contribution in [0.4, 0.5) is 0 Å². The molecule has 0 aromatic heterocycles. The van der Waals surface area contributed by atoms with E-state index in [-0.39, 0.29) is 17.4 Å². The Morgan fingerprint density at radius 3 is 2.00 bits per heavy atom. The molecule has 0 aliphatic carbocycles. The molecule has 0 aliphatic rings. The van der Waals surface area contributed by atoms with Crippen molar-refractivity contribution in [3.8, 4) is 0 Å². The topological polar surface area (TPSA) is 66.4 Å². The number of hydrogen-bond acceptors (Lipinski definition) is 2. The molecular formula is C15H29NO3. The third-order valence-corrected chi connectivity index (χ3v) is 3.84. The minimum absolute atomic E-state index is 0.0191. The van der Waals surface area contributed by atoms with E-state index in [9.17, 15) is 14.7 Å². The number of rotatable bonds is 7. The van der Waals surface area contributed by atoms with Gasteiger partial charge in [-0.3, -0.25) is 9.59 Å². The number of amides is 1. The zero-order valence-electron chi connectivity index (χ0n) is 13.1. The van der Waals surface area contributed by atoms with Crippen LogP contribution in [-0.4, -0.2) is 23.0 Å². The molecule has 4 heteroatoms. The van der Waals surface area contributed by atoms with Crippen LogP contribution in [0.1, 0.15) is 60.8 Å². The Hall–Kier alpha value is -1.06. The van der Waals surface area contributed by atoms with Crippen LogP contribution < -0.4 is 5.32 Å². The molecule has 0 heterocycles. The number of nitrogens with one attached hydrogen (secondary N) is 1. The first kappa shape index (κ1) is 17.9. The molecule has 0 fully saturated rings. The molecule has 0 rings (SSSR count). The van der Waals surface area contributed by atoms with Crippen molar-refractivity contribution in [3.63, 3.8) is 0 Å². The Morgan fingerprint density at radius 1 is 1.16 bits per heavy atom. The minimum atomic E-state index is -0.875. The van der Waals surface area contributed by atoms with Gasteiger partial charge in [0.1, 0.15) is 0 Å². The molecule has 19 heavy (non-hydrogen) atoms. The van der Waals surface area contributed by atoms with E-state index in [1.165, 1.54) is 0 Å². The number of carboxylic acids is 1. The Kier molecular flexibility index (Phi) is 7.09. The van der Waals surface area contributed by atoms with Crippen LogP contribution >= 0.6 is 0 Å². The number of carbonyl (C=O) groups is 2. The smallest absolute Gasteiger partial charge is 0.307 e. The number of carbonyl (C=O) groups excluding carboxylic acids is 1. The number of aliphatic carboxylic acids is 1. The molecule has 2 N–H and O–H groups in total. The molecule has 3 unspecified atom stereocenters. The summed E-state index contributed by atoms with van der Waals surface area (Å²) in [5.41, 5.74) is -0.0304. The lowest BCUT2D eigenvalue weighted by Gasteiger charge is -2.31. The highest BCUT2D eigenvalue weighted by atomic mass is 16.4. The Bertz CT molecular complexity index is 307. The Balaban J connectivity index is 4.89. The standard InChI is InChI=1S/C15H29NO3/c1-7-9-12(11(8-2)14(18)19)13(17)16-10(3)15(4,5)6/h10-12H,7-9H2,1-6H3,(H,16,17)(H,18,19). The molecule has 0 radical (unpaired) electrons. The van der Waals surface area contributed by atoms with E-state index in [2.05, 4.69) is 26.1 Å². The summed E-state index contributed by atoms with van der Waals surface area (Å²) in [4.78, 5) is 23.6. The monoisotopic (exact) mass is 271 g/mol. The zero-order chi connectivity index (χ0) is 15.2. The van der Waals surface area contributed by atoms with Crippen molar-refractivity contribution in [1.29, 1.82) is 0 Å². The molecular weight excluding hydrogens is 242 g/mol. The van der Waals surface area contributed by atoms with Crippen molar-refractivity contribution in [1.82, 2.24) is 5.32 Å². The highest BCUT2D eigenvalue weighted by Crippen LogP contribution is 2.24. The predicted octanol–water partition coefficient (Wildman–Crippen LogP) is 3.06. The van der Waals surface area contributed by atoms with Crippen molar-refractivity contribution in [2.24, 2.45) is 17.3 Å². The fourth-order valence-electron chi connectivity index (χ4n) is 1.99. The van der Waals surface area contributed by atoms with Gasteiger partial charge >= 0.3 is 5.97 Å². The summed E-state index contributed by atoms with van der Waals surface area (Å²) in [5, 5.41) is 12.2. The summed E-state index contributed by atoms with van der Waals surface area (Å²) in [5.74, 6) is -2.03. The first-order chi connectivity index (χ1) is 8.65. The zero-order valence-corrected chi connectivity index (χ0v) is 13.1. The van der Waals surface area contributed by atoms with E-state index in [0.717, 1.165) is 6.42 Å². The first-order valence-corrected chi connectivity index (χ1v) is 7.18. The van der Waals surface area contributed by atoms with E-state index in [4.69, 9.17) is 0 Å². The SMILES string of the molecule is CCCC(C(=O)NC(C)C(C)(C)C)C(CC)C(=O)O. The van der Waals surface area contributed by atoms with Gasteiger partial charge in [-0.15, -0.1) is 0 Å². The highest BCUT2D eigenvalue weighted by Gasteiger charge is 2.33. The van der Waals surface area contributed by atoms with Gasteiger partial charge in [0, 0.05) is 6.04 Å². The third kappa shape index (κ3) is 5.62. The first-order valence-electron chi connectivity index (χ1n) is 7.18. The summed E-state index contributed by atoms with van der Waals surface area (Å²) in [6, 6.07) is 0.0191. The second kappa shape index (κ2) is 7.51. The molecule has 0 spiro atoms. The maximum Gasteiger partial charge on any atom is 0.307 e. The van der Waals surface area contributed by atoms with Crippen molar-refractivity contribution < 1.29 is 14.7 Å². The van der Waals surface area contributed by atoms with Gasteiger partial charge in [-0.05, 0) is 25.2 Å². The molecule has 3 atom stereocenters. The van der Waals surface area contributed by atoms with Gasteiger partial charge in [-0.1, -0.05) is 41.0 Å². The number of hydrogen-bond donors (Lipinski definition) is 2. The molecule has 0 saturated heterocycles. The molecule has 0 aromatic rings. The molecule has 4 nitrogen and oxygen atoms in total. The minimum Gasteiger partial charge on any atom is -0.481 e. The van der Waals surface area contributed by atoms with Crippen molar-refractivity contribution in [2.45, 2.75) is 66.8 Å². The Labute approximate surface area is 117 Å². The average molecular weight is 271 g/mol. The van der Waals surface area contributed by atoms with Crippen LogP contribution in [0.25, 0.3) is 0 Å².